The van der Waals surface area contributed by atoms with Gasteiger partial charge in [-0.3, -0.25) is 0 Å². The minimum atomic E-state index is 0.832. The summed E-state index contributed by atoms with van der Waals surface area (Å²) in [5.41, 5.74) is 3.03. The number of ether oxygens (including phenoxy) is 1. The monoisotopic (exact) mass is 190 g/mol. The number of fused-ring (bicyclic) bond motifs is 1. The lowest BCUT2D eigenvalue weighted by molar-refractivity contribution is 0.317. The molecule has 0 heterocycles. The summed E-state index contributed by atoms with van der Waals surface area (Å²) in [5.74, 6) is 1.05. The predicted octanol–water partition coefficient (Wildman–Crippen LogP) is 3.35. The van der Waals surface area contributed by atoms with E-state index in [-0.39, 0.29) is 0 Å². The highest BCUT2D eigenvalue weighted by Crippen LogP contribution is 2.25. The number of aryl methyl sites for hydroxylation is 2. The van der Waals surface area contributed by atoms with E-state index in [1.54, 1.807) is 0 Å². The van der Waals surface area contributed by atoms with Crippen molar-refractivity contribution < 1.29 is 4.74 Å². The molecule has 1 aliphatic rings. The minimum Gasteiger partial charge on any atom is -0.494 e. The Hall–Kier alpha value is -0.980. The van der Waals surface area contributed by atoms with Gasteiger partial charge in [-0.2, -0.15) is 0 Å². The van der Waals surface area contributed by atoms with Gasteiger partial charge in [0.1, 0.15) is 5.75 Å². The first-order valence-corrected chi connectivity index (χ1v) is 5.65. The van der Waals surface area contributed by atoms with E-state index in [9.17, 15) is 0 Å². The predicted molar refractivity (Wildman–Crippen MR) is 58.9 cm³/mol. The van der Waals surface area contributed by atoms with Gasteiger partial charge in [-0.25, -0.2) is 0 Å². The molecule has 0 fully saturated rings. The van der Waals surface area contributed by atoms with Crippen LogP contribution in [0.2, 0.25) is 0 Å². The van der Waals surface area contributed by atoms with Gasteiger partial charge in [0.2, 0.25) is 0 Å². The normalized spacial score (nSPS) is 14.9. The van der Waals surface area contributed by atoms with Gasteiger partial charge in [0.05, 0.1) is 6.61 Å². The van der Waals surface area contributed by atoms with Crippen molar-refractivity contribution in [1.29, 1.82) is 0 Å². The molecule has 1 aromatic rings. The number of hydrogen-bond acceptors (Lipinski definition) is 1. The van der Waals surface area contributed by atoms with Crippen LogP contribution in [-0.4, -0.2) is 6.61 Å². The van der Waals surface area contributed by atoms with Crippen LogP contribution in [0.25, 0.3) is 0 Å². The molecule has 0 N–H and O–H groups in total. The van der Waals surface area contributed by atoms with E-state index in [4.69, 9.17) is 4.74 Å². The summed E-state index contributed by atoms with van der Waals surface area (Å²) in [7, 11) is 0. The van der Waals surface area contributed by atoms with Gasteiger partial charge in [0, 0.05) is 0 Å². The largest absolute Gasteiger partial charge is 0.494 e. The molecule has 0 aliphatic heterocycles. The van der Waals surface area contributed by atoms with Crippen molar-refractivity contribution in [3.63, 3.8) is 0 Å². The van der Waals surface area contributed by atoms with Crippen molar-refractivity contribution in [2.75, 3.05) is 6.61 Å². The summed E-state index contributed by atoms with van der Waals surface area (Å²) in [6.07, 6.45) is 6.26. The molecule has 1 heteroatoms. The molecule has 2 rings (SSSR count). The van der Waals surface area contributed by atoms with E-state index in [1.165, 1.54) is 36.8 Å². The zero-order chi connectivity index (χ0) is 9.80. The molecule has 1 nitrogen and oxygen atoms in total. The summed E-state index contributed by atoms with van der Waals surface area (Å²) in [6.45, 7) is 2.97. The fraction of sp³-hybridized carbons (Fsp3) is 0.538. The third kappa shape index (κ3) is 2.09. The Balaban J connectivity index is 2.12. The molecule has 1 aromatic carbocycles. The number of rotatable bonds is 3. The van der Waals surface area contributed by atoms with Crippen LogP contribution in [-0.2, 0) is 12.8 Å². The summed E-state index contributed by atoms with van der Waals surface area (Å²) >= 11 is 0. The average Bonchev–Trinajstić information content (AvgIpc) is 2.26. The van der Waals surface area contributed by atoms with Crippen molar-refractivity contribution in [2.24, 2.45) is 0 Å². The first kappa shape index (κ1) is 9.57. The van der Waals surface area contributed by atoms with E-state index < -0.39 is 0 Å². The highest BCUT2D eigenvalue weighted by molar-refractivity contribution is 5.37. The Morgan fingerprint density at radius 3 is 2.71 bits per heavy atom. The lowest BCUT2D eigenvalue weighted by Crippen LogP contribution is -2.03. The fourth-order valence-corrected chi connectivity index (χ4v) is 2.02. The maximum absolute atomic E-state index is 5.62. The summed E-state index contributed by atoms with van der Waals surface area (Å²) in [6, 6.07) is 6.57. The molecule has 0 saturated carbocycles. The topological polar surface area (TPSA) is 9.23 Å². The molecular weight excluding hydrogens is 172 g/mol. The summed E-state index contributed by atoms with van der Waals surface area (Å²) in [4.78, 5) is 0. The summed E-state index contributed by atoms with van der Waals surface area (Å²) < 4.78 is 5.62. The second kappa shape index (κ2) is 4.50. The quantitative estimate of drug-likeness (QED) is 0.710. The van der Waals surface area contributed by atoms with Crippen LogP contribution in [0.4, 0.5) is 0 Å². The lowest BCUT2D eigenvalue weighted by atomic mass is 9.92. The van der Waals surface area contributed by atoms with Gasteiger partial charge >= 0.3 is 0 Å². The van der Waals surface area contributed by atoms with Gasteiger partial charge in [-0.1, -0.05) is 13.0 Å². The van der Waals surface area contributed by atoms with E-state index in [0.29, 0.717) is 0 Å². The molecule has 0 aromatic heterocycles. The Bertz CT molecular complexity index is 304. The molecule has 0 unspecified atom stereocenters. The smallest absolute Gasteiger partial charge is 0.119 e. The van der Waals surface area contributed by atoms with Gasteiger partial charge in [0.15, 0.2) is 0 Å². The van der Waals surface area contributed by atoms with E-state index >= 15 is 0 Å². The van der Waals surface area contributed by atoms with Crippen molar-refractivity contribution in [3.05, 3.63) is 29.3 Å². The molecule has 0 bridgehead atoms. The fourth-order valence-electron chi connectivity index (χ4n) is 2.02. The Morgan fingerprint density at radius 1 is 1.14 bits per heavy atom. The molecule has 0 spiro atoms. The van der Waals surface area contributed by atoms with E-state index in [1.807, 2.05) is 0 Å². The Labute approximate surface area is 86.1 Å². The van der Waals surface area contributed by atoms with Crippen molar-refractivity contribution in [3.8, 4) is 5.75 Å². The maximum Gasteiger partial charge on any atom is 0.119 e. The van der Waals surface area contributed by atoms with Gasteiger partial charge in [-0.05, 0) is 55.4 Å². The molecule has 0 atom stereocenters. The average molecular weight is 190 g/mol. The SMILES string of the molecule is CCCOc1ccc2c(c1)CCCC2. The minimum absolute atomic E-state index is 0.832. The van der Waals surface area contributed by atoms with Crippen molar-refractivity contribution in [1.82, 2.24) is 0 Å². The summed E-state index contributed by atoms with van der Waals surface area (Å²) in [5, 5.41) is 0. The van der Waals surface area contributed by atoms with Crippen LogP contribution >= 0.6 is 0 Å². The van der Waals surface area contributed by atoms with Crippen LogP contribution in [0.1, 0.15) is 37.3 Å². The molecule has 1 aliphatic carbocycles. The van der Waals surface area contributed by atoms with Crippen molar-refractivity contribution in [2.45, 2.75) is 39.0 Å². The second-order valence-electron chi connectivity index (χ2n) is 3.99. The van der Waals surface area contributed by atoms with Gasteiger partial charge in [-0.15, -0.1) is 0 Å². The number of hydrogen-bond donors (Lipinski definition) is 0. The highest BCUT2D eigenvalue weighted by atomic mass is 16.5. The molecule has 0 amide bonds. The third-order valence-electron chi connectivity index (χ3n) is 2.79. The third-order valence-corrected chi connectivity index (χ3v) is 2.79. The standard InChI is InChI=1S/C13H18O/c1-2-9-14-13-8-7-11-5-3-4-6-12(11)10-13/h7-8,10H,2-6,9H2,1H3. The van der Waals surface area contributed by atoms with Gasteiger partial charge < -0.3 is 4.74 Å². The Kier molecular flexibility index (Phi) is 3.07. The van der Waals surface area contributed by atoms with Crippen LogP contribution in [0.3, 0.4) is 0 Å². The van der Waals surface area contributed by atoms with Gasteiger partial charge in [0.25, 0.3) is 0 Å². The molecule has 14 heavy (non-hydrogen) atoms. The van der Waals surface area contributed by atoms with Crippen LogP contribution in [0.15, 0.2) is 18.2 Å². The van der Waals surface area contributed by atoms with Crippen LogP contribution in [0, 0.1) is 0 Å². The zero-order valence-corrected chi connectivity index (χ0v) is 8.88. The first-order chi connectivity index (χ1) is 6.90. The number of benzene rings is 1. The second-order valence-corrected chi connectivity index (χ2v) is 3.99. The Morgan fingerprint density at radius 2 is 1.93 bits per heavy atom. The molecule has 0 radical (unpaired) electrons. The maximum atomic E-state index is 5.62. The lowest BCUT2D eigenvalue weighted by Gasteiger charge is -2.16. The zero-order valence-electron chi connectivity index (χ0n) is 8.88. The van der Waals surface area contributed by atoms with Crippen LogP contribution in [0.5, 0.6) is 5.75 Å². The van der Waals surface area contributed by atoms with Crippen molar-refractivity contribution >= 4 is 0 Å². The molecule has 76 valence electrons. The van der Waals surface area contributed by atoms with E-state index in [2.05, 4.69) is 25.1 Å². The highest BCUT2D eigenvalue weighted by Gasteiger charge is 2.09. The molecular formula is C13H18O. The molecule has 0 saturated heterocycles. The van der Waals surface area contributed by atoms with E-state index in [0.717, 1.165) is 18.8 Å². The van der Waals surface area contributed by atoms with Crippen LogP contribution < -0.4 is 4.74 Å². The first-order valence-electron chi connectivity index (χ1n) is 5.65.